The predicted octanol–water partition coefficient (Wildman–Crippen LogP) is 3.33. The van der Waals surface area contributed by atoms with Crippen LogP contribution in [0.1, 0.15) is 43.6 Å². The first kappa shape index (κ1) is 19.1. The molecule has 0 saturated heterocycles. The third-order valence-electron chi connectivity index (χ3n) is 5.38. The summed E-state index contributed by atoms with van der Waals surface area (Å²) in [5, 5.41) is 10.1. The molecule has 1 aromatic rings. The van der Waals surface area contributed by atoms with E-state index in [1.807, 2.05) is 23.1 Å². The van der Waals surface area contributed by atoms with Gasteiger partial charge >= 0.3 is 0 Å². The van der Waals surface area contributed by atoms with E-state index in [2.05, 4.69) is 47.1 Å². The number of hydrogen-bond donors (Lipinski definition) is 2. The first-order valence-electron chi connectivity index (χ1n) is 9.56. The summed E-state index contributed by atoms with van der Waals surface area (Å²) in [5.74, 6) is 0.995. The average Bonchev–Trinajstić information content (AvgIpc) is 3.27. The maximum atomic E-state index is 4.90. The van der Waals surface area contributed by atoms with E-state index in [-0.39, 0.29) is 0 Å². The number of thiophene rings is 1. The molecule has 1 aliphatic heterocycles. The summed E-state index contributed by atoms with van der Waals surface area (Å²) in [6.45, 7) is 8.46. The molecule has 1 aromatic heterocycles. The molecular formula is C19H32N4S2. The molecule has 0 amide bonds. The molecule has 3 unspecified atom stereocenters. The highest BCUT2D eigenvalue weighted by Gasteiger charge is 2.25. The Bertz CT molecular complexity index is 572. The fraction of sp³-hybridized carbons (Fsp3) is 0.737. The molecule has 1 saturated carbocycles. The summed E-state index contributed by atoms with van der Waals surface area (Å²) >= 11 is 3.91. The van der Waals surface area contributed by atoms with E-state index in [4.69, 9.17) is 4.99 Å². The highest BCUT2D eigenvalue weighted by molar-refractivity contribution is 7.99. The van der Waals surface area contributed by atoms with E-state index in [0.29, 0.717) is 12.1 Å². The van der Waals surface area contributed by atoms with Crippen molar-refractivity contribution in [3.05, 3.63) is 21.9 Å². The van der Waals surface area contributed by atoms with Crippen molar-refractivity contribution in [1.29, 1.82) is 0 Å². The number of nitrogens with one attached hydrogen (secondary N) is 2. The van der Waals surface area contributed by atoms with Crippen LogP contribution < -0.4 is 10.6 Å². The second-order valence-corrected chi connectivity index (χ2v) is 9.31. The molecule has 3 atom stereocenters. The van der Waals surface area contributed by atoms with Crippen LogP contribution in [0.2, 0.25) is 0 Å². The molecule has 0 bridgehead atoms. The molecule has 0 aromatic carbocycles. The second kappa shape index (κ2) is 9.28. The summed E-state index contributed by atoms with van der Waals surface area (Å²) in [5.41, 5.74) is 1.52. The lowest BCUT2D eigenvalue weighted by atomic mass is 10.1. The summed E-state index contributed by atoms with van der Waals surface area (Å²) in [6.07, 6.45) is 7.27. The van der Waals surface area contributed by atoms with E-state index in [9.17, 15) is 0 Å². The molecular weight excluding hydrogens is 348 g/mol. The summed E-state index contributed by atoms with van der Waals surface area (Å²) < 4.78 is 0. The van der Waals surface area contributed by atoms with Gasteiger partial charge in [0.1, 0.15) is 0 Å². The Morgan fingerprint density at radius 3 is 3.12 bits per heavy atom. The van der Waals surface area contributed by atoms with Gasteiger partial charge in [-0.25, -0.2) is 0 Å². The third-order valence-corrected chi connectivity index (χ3v) is 7.49. The van der Waals surface area contributed by atoms with Crippen molar-refractivity contribution in [2.45, 2.75) is 63.4 Å². The van der Waals surface area contributed by atoms with E-state index in [1.54, 1.807) is 4.88 Å². The smallest absolute Gasteiger partial charge is 0.191 e. The van der Waals surface area contributed by atoms with E-state index in [1.165, 1.54) is 31.2 Å². The van der Waals surface area contributed by atoms with Crippen molar-refractivity contribution in [3.8, 4) is 0 Å². The minimum atomic E-state index is 0.478. The maximum Gasteiger partial charge on any atom is 0.191 e. The lowest BCUT2D eigenvalue weighted by molar-refractivity contribution is 0.197. The second-order valence-electron chi connectivity index (χ2n) is 7.17. The van der Waals surface area contributed by atoms with E-state index >= 15 is 0 Å². The van der Waals surface area contributed by atoms with Gasteiger partial charge in [-0.05, 0) is 62.8 Å². The lowest BCUT2D eigenvalue weighted by Gasteiger charge is -2.31. The van der Waals surface area contributed by atoms with Crippen molar-refractivity contribution < 1.29 is 0 Å². The Morgan fingerprint density at radius 2 is 2.36 bits per heavy atom. The van der Waals surface area contributed by atoms with Gasteiger partial charge < -0.3 is 10.6 Å². The zero-order valence-corrected chi connectivity index (χ0v) is 17.4. The molecule has 1 aliphatic carbocycles. The van der Waals surface area contributed by atoms with Crippen molar-refractivity contribution in [2.24, 2.45) is 4.99 Å². The highest BCUT2D eigenvalue weighted by Crippen LogP contribution is 2.28. The number of rotatable bonds is 6. The summed E-state index contributed by atoms with van der Waals surface area (Å²) in [4.78, 5) is 9.04. The van der Waals surface area contributed by atoms with Gasteiger partial charge in [0, 0.05) is 41.8 Å². The van der Waals surface area contributed by atoms with Gasteiger partial charge in [0.2, 0.25) is 0 Å². The van der Waals surface area contributed by atoms with Crippen molar-refractivity contribution in [2.75, 3.05) is 25.9 Å². The quantitative estimate of drug-likeness (QED) is 0.587. The standard InChI is InChI=1S/C19H32N4S2/c1-4-20-19(22-16-5-6-17(11-16)24-3)21-12-14(2)23-9-7-18-15(13-23)8-10-25-18/h8,10,14,16-17H,4-7,9,11-13H2,1-3H3,(H2,20,21,22). The molecule has 0 radical (unpaired) electrons. The molecule has 1 fully saturated rings. The van der Waals surface area contributed by atoms with Crippen LogP contribution in [0.3, 0.4) is 0 Å². The minimum absolute atomic E-state index is 0.478. The number of nitrogens with zero attached hydrogens (tertiary/aromatic N) is 2. The van der Waals surface area contributed by atoms with Crippen LogP contribution in [0, 0.1) is 0 Å². The number of aliphatic imine (C=N–C) groups is 1. The predicted molar refractivity (Wildman–Crippen MR) is 112 cm³/mol. The first-order valence-corrected chi connectivity index (χ1v) is 11.7. The van der Waals surface area contributed by atoms with Crippen LogP contribution in [0.15, 0.2) is 16.4 Å². The number of hydrogen-bond acceptors (Lipinski definition) is 4. The van der Waals surface area contributed by atoms with Crippen LogP contribution >= 0.6 is 23.1 Å². The molecule has 140 valence electrons. The number of guanidine groups is 1. The monoisotopic (exact) mass is 380 g/mol. The van der Waals surface area contributed by atoms with Gasteiger partial charge in [-0.2, -0.15) is 11.8 Å². The summed E-state index contributed by atoms with van der Waals surface area (Å²) in [6, 6.07) is 3.34. The van der Waals surface area contributed by atoms with E-state index < -0.39 is 0 Å². The highest BCUT2D eigenvalue weighted by atomic mass is 32.2. The average molecular weight is 381 g/mol. The van der Waals surface area contributed by atoms with Gasteiger partial charge in [-0.15, -0.1) is 11.3 Å². The number of thioether (sulfide) groups is 1. The fourth-order valence-corrected chi connectivity index (χ4v) is 5.47. The Labute approximate surface area is 160 Å². The maximum absolute atomic E-state index is 4.90. The van der Waals surface area contributed by atoms with Gasteiger partial charge in [0.15, 0.2) is 5.96 Å². The summed E-state index contributed by atoms with van der Waals surface area (Å²) in [7, 11) is 0. The van der Waals surface area contributed by atoms with Crippen molar-refractivity contribution in [3.63, 3.8) is 0 Å². The molecule has 3 rings (SSSR count). The van der Waals surface area contributed by atoms with E-state index in [0.717, 1.165) is 37.4 Å². The molecule has 4 nitrogen and oxygen atoms in total. The zero-order valence-electron chi connectivity index (χ0n) is 15.8. The zero-order chi connectivity index (χ0) is 17.6. The molecule has 25 heavy (non-hydrogen) atoms. The van der Waals surface area contributed by atoms with Crippen molar-refractivity contribution >= 4 is 29.1 Å². The van der Waals surface area contributed by atoms with Gasteiger partial charge in [-0.1, -0.05) is 0 Å². The number of fused-ring (bicyclic) bond motifs is 1. The van der Waals surface area contributed by atoms with Crippen LogP contribution in [-0.2, 0) is 13.0 Å². The normalized spacial score (nSPS) is 25.6. The molecule has 6 heteroatoms. The first-order chi connectivity index (χ1) is 12.2. The topological polar surface area (TPSA) is 39.7 Å². The molecule has 2 N–H and O–H groups in total. The van der Waals surface area contributed by atoms with Gasteiger partial charge in [0.05, 0.1) is 6.54 Å². The van der Waals surface area contributed by atoms with Crippen LogP contribution in [-0.4, -0.2) is 54.1 Å². The Kier molecular flexibility index (Phi) is 7.08. The van der Waals surface area contributed by atoms with Gasteiger partial charge in [0.25, 0.3) is 0 Å². The lowest BCUT2D eigenvalue weighted by Crippen LogP contribution is -2.44. The van der Waals surface area contributed by atoms with Crippen LogP contribution in [0.4, 0.5) is 0 Å². The minimum Gasteiger partial charge on any atom is -0.357 e. The fourth-order valence-electron chi connectivity index (χ4n) is 3.78. The Balaban J connectivity index is 1.52. The largest absolute Gasteiger partial charge is 0.357 e. The molecule has 2 aliphatic rings. The van der Waals surface area contributed by atoms with Gasteiger partial charge in [-0.3, -0.25) is 9.89 Å². The molecule has 2 heterocycles. The van der Waals surface area contributed by atoms with Crippen molar-refractivity contribution in [1.82, 2.24) is 15.5 Å². The Hall–Kier alpha value is -0.720. The van der Waals surface area contributed by atoms with Crippen LogP contribution in [0.5, 0.6) is 0 Å². The Morgan fingerprint density at radius 1 is 1.48 bits per heavy atom. The van der Waals surface area contributed by atoms with Crippen LogP contribution in [0.25, 0.3) is 0 Å². The third kappa shape index (κ3) is 5.14. The SMILES string of the molecule is CCNC(=NCC(C)N1CCc2sccc2C1)NC1CCC(SC)C1. The molecule has 0 spiro atoms.